The predicted octanol–water partition coefficient (Wildman–Crippen LogP) is 12.8. The maximum atomic E-state index is 6.92. The number of aromatic nitrogens is 4. The standard InChI is InChI=1S/C50H32N4O/c1-5-16-33(17-6-1)39-24-15-25-40(32-39)50-53-48(37-22-11-4-12-23-37)52-49(54-50)38-30-28-34(29-31-38)43-44-41-26-13-14-27-42(41)51-45(35-18-7-2-8-19-35)47(44)55-46(43)36-20-9-3-10-21-36/h1-32H. The Morgan fingerprint density at radius 1 is 0.327 bits per heavy atom. The minimum absolute atomic E-state index is 0.599. The van der Waals surface area contributed by atoms with Gasteiger partial charge >= 0.3 is 0 Å². The molecule has 0 saturated carbocycles. The van der Waals surface area contributed by atoms with E-state index in [-0.39, 0.29) is 0 Å². The zero-order valence-electron chi connectivity index (χ0n) is 29.7. The van der Waals surface area contributed by atoms with Crippen molar-refractivity contribution in [2.75, 3.05) is 0 Å². The maximum Gasteiger partial charge on any atom is 0.164 e. The van der Waals surface area contributed by atoms with Crippen LogP contribution in [0.3, 0.4) is 0 Å². The van der Waals surface area contributed by atoms with E-state index >= 15 is 0 Å². The van der Waals surface area contributed by atoms with Gasteiger partial charge in [0.15, 0.2) is 23.1 Å². The third kappa shape index (κ3) is 6.04. The van der Waals surface area contributed by atoms with Crippen LogP contribution >= 0.6 is 0 Å². The van der Waals surface area contributed by atoms with Crippen molar-refractivity contribution in [3.8, 4) is 79.0 Å². The molecule has 10 aromatic rings. The molecule has 0 unspecified atom stereocenters. The Balaban J connectivity index is 1.15. The third-order valence-corrected chi connectivity index (χ3v) is 9.94. The Hall–Kier alpha value is -7.50. The lowest BCUT2D eigenvalue weighted by atomic mass is 9.95. The third-order valence-electron chi connectivity index (χ3n) is 9.94. The zero-order valence-corrected chi connectivity index (χ0v) is 29.7. The SMILES string of the molecule is c1ccc(-c2cccc(-c3nc(-c4ccccc4)nc(-c4ccc(-c5c(-c6ccccc6)oc6c(-c7ccccc7)nc7ccccc7c56)cc4)n3)c2)cc1. The molecule has 0 aliphatic rings. The Bertz CT molecular complexity index is 2940. The van der Waals surface area contributed by atoms with Crippen molar-refractivity contribution in [3.05, 3.63) is 194 Å². The van der Waals surface area contributed by atoms with Crippen LogP contribution < -0.4 is 0 Å². The van der Waals surface area contributed by atoms with Gasteiger partial charge in [-0.3, -0.25) is 0 Å². The zero-order chi connectivity index (χ0) is 36.6. The van der Waals surface area contributed by atoms with Crippen LogP contribution in [0.5, 0.6) is 0 Å². The van der Waals surface area contributed by atoms with Crippen LogP contribution in [0.2, 0.25) is 0 Å². The molecule has 0 radical (unpaired) electrons. The molecule has 0 amide bonds. The smallest absolute Gasteiger partial charge is 0.164 e. The summed E-state index contributed by atoms with van der Waals surface area (Å²) in [6.45, 7) is 0. The van der Waals surface area contributed by atoms with Gasteiger partial charge in [0.25, 0.3) is 0 Å². The highest BCUT2D eigenvalue weighted by Crippen LogP contribution is 2.46. The molecule has 3 aromatic heterocycles. The number of benzene rings is 7. The predicted molar refractivity (Wildman–Crippen MR) is 223 cm³/mol. The molecule has 3 heterocycles. The summed E-state index contributed by atoms with van der Waals surface area (Å²) in [5.41, 5.74) is 11.5. The second kappa shape index (κ2) is 13.8. The molecule has 5 heteroatoms. The molecule has 0 aliphatic heterocycles. The highest BCUT2D eigenvalue weighted by atomic mass is 16.3. The van der Waals surface area contributed by atoms with Gasteiger partial charge in [0.05, 0.1) is 5.52 Å². The van der Waals surface area contributed by atoms with Gasteiger partial charge in [0.2, 0.25) is 0 Å². The van der Waals surface area contributed by atoms with E-state index < -0.39 is 0 Å². The number of rotatable bonds is 7. The molecule has 0 fully saturated rings. The molecule has 0 atom stereocenters. The fourth-order valence-electron chi connectivity index (χ4n) is 7.27. The van der Waals surface area contributed by atoms with E-state index in [0.717, 1.165) is 83.4 Å². The number of hydrogen-bond acceptors (Lipinski definition) is 5. The number of para-hydroxylation sites is 1. The molecule has 0 spiro atoms. The monoisotopic (exact) mass is 704 g/mol. The lowest BCUT2D eigenvalue weighted by Crippen LogP contribution is -2.00. The van der Waals surface area contributed by atoms with Crippen LogP contribution in [-0.2, 0) is 0 Å². The first-order valence-corrected chi connectivity index (χ1v) is 18.3. The van der Waals surface area contributed by atoms with Crippen LogP contribution in [0.1, 0.15) is 0 Å². The van der Waals surface area contributed by atoms with Crippen LogP contribution in [-0.4, -0.2) is 19.9 Å². The van der Waals surface area contributed by atoms with Gasteiger partial charge in [0, 0.05) is 44.2 Å². The molecular formula is C50H32N4O. The minimum atomic E-state index is 0.599. The Morgan fingerprint density at radius 3 is 1.45 bits per heavy atom. The summed E-state index contributed by atoms with van der Waals surface area (Å²) in [6.07, 6.45) is 0. The topological polar surface area (TPSA) is 64.7 Å². The summed E-state index contributed by atoms with van der Waals surface area (Å²) in [7, 11) is 0. The van der Waals surface area contributed by atoms with Crippen molar-refractivity contribution in [1.82, 2.24) is 19.9 Å². The summed E-state index contributed by atoms with van der Waals surface area (Å²) < 4.78 is 6.92. The van der Waals surface area contributed by atoms with E-state index in [1.54, 1.807) is 0 Å². The van der Waals surface area contributed by atoms with Crippen molar-refractivity contribution in [1.29, 1.82) is 0 Å². The van der Waals surface area contributed by atoms with Crippen molar-refractivity contribution in [3.63, 3.8) is 0 Å². The summed E-state index contributed by atoms with van der Waals surface area (Å²) in [5, 5.41) is 2.07. The maximum absolute atomic E-state index is 6.92. The fraction of sp³-hybridized carbons (Fsp3) is 0. The van der Waals surface area contributed by atoms with Gasteiger partial charge in [0.1, 0.15) is 11.5 Å². The summed E-state index contributed by atoms with van der Waals surface area (Å²) >= 11 is 0. The lowest BCUT2D eigenvalue weighted by molar-refractivity contribution is 0.632. The largest absolute Gasteiger partial charge is 0.453 e. The summed E-state index contributed by atoms with van der Waals surface area (Å²) in [5.74, 6) is 2.63. The van der Waals surface area contributed by atoms with Crippen LogP contribution in [0.4, 0.5) is 0 Å². The second-order valence-electron chi connectivity index (χ2n) is 13.4. The van der Waals surface area contributed by atoms with Crippen LogP contribution in [0, 0.1) is 0 Å². The Kier molecular flexibility index (Phi) is 8.08. The number of furan rings is 1. The lowest BCUT2D eigenvalue weighted by Gasteiger charge is -2.11. The molecule has 0 bridgehead atoms. The van der Waals surface area contributed by atoms with E-state index in [1.165, 1.54) is 0 Å². The van der Waals surface area contributed by atoms with E-state index in [2.05, 4.69) is 115 Å². The van der Waals surface area contributed by atoms with Gasteiger partial charge in [-0.25, -0.2) is 19.9 Å². The molecule has 5 nitrogen and oxygen atoms in total. The highest BCUT2D eigenvalue weighted by molar-refractivity contribution is 6.18. The minimum Gasteiger partial charge on any atom is -0.453 e. The molecule has 0 aliphatic carbocycles. The normalized spacial score (nSPS) is 11.3. The molecular weight excluding hydrogens is 673 g/mol. The molecule has 0 saturated heterocycles. The van der Waals surface area contributed by atoms with Gasteiger partial charge in [-0.05, 0) is 28.8 Å². The van der Waals surface area contributed by atoms with Crippen molar-refractivity contribution < 1.29 is 4.42 Å². The summed E-state index contributed by atoms with van der Waals surface area (Å²) in [4.78, 5) is 20.2. The van der Waals surface area contributed by atoms with Gasteiger partial charge in [-0.2, -0.15) is 0 Å². The van der Waals surface area contributed by atoms with Crippen LogP contribution in [0.15, 0.2) is 199 Å². The van der Waals surface area contributed by atoms with Crippen molar-refractivity contribution >= 4 is 21.9 Å². The van der Waals surface area contributed by atoms with Gasteiger partial charge < -0.3 is 4.42 Å². The van der Waals surface area contributed by atoms with Crippen molar-refractivity contribution in [2.24, 2.45) is 0 Å². The molecule has 0 N–H and O–H groups in total. The summed E-state index contributed by atoms with van der Waals surface area (Å²) in [6, 6.07) is 66.1. The number of fused-ring (bicyclic) bond motifs is 3. The van der Waals surface area contributed by atoms with Gasteiger partial charge in [-0.1, -0.05) is 182 Å². The van der Waals surface area contributed by atoms with E-state index in [1.807, 2.05) is 78.9 Å². The molecule has 55 heavy (non-hydrogen) atoms. The Labute approximate surface area is 318 Å². The van der Waals surface area contributed by atoms with E-state index in [4.69, 9.17) is 24.4 Å². The average molecular weight is 705 g/mol. The first kappa shape index (κ1) is 32.2. The number of hydrogen-bond donors (Lipinski definition) is 0. The highest BCUT2D eigenvalue weighted by Gasteiger charge is 2.24. The van der Waals surface area contributed by atoms with E-state index in [9.17, 15) is 0 Å². The quantitative estimate of drug-likeness (QED) is 0.165. The van der Waals surface area contributed by atoms with Gasteiger partial charge in [-0.15, -0.1) is 0 Å². The Morgan fingerprint density at radius 2 is 0.800 bits per heavy atom. The van der Waals surface area contributed by atoms with Crippen molar-refractivity contribution in [2.45, 2.75) is 0 Å². The fourth-order valence-corrected chi connectivity index (χ4v) is 7.27. The first-order valence-electron chi connectivity index (χ1n) is 18.3. The first-order chi connectivity index (χ1) is 27.3. The van der Waals surface area contributed by atoms with E-state index in [0.29, 0.717) is 17.5 Å². The number of nitrogens with zero attached hydrogens (tertiary/aromatic N) is 4. The molecule has 258 valence electrons. The average Bonchev–Trinajstić information content (AvgIpc) is 3.68. The molecule has 7 aromatic carbocycles. The van der Waals surface area contributed by atoms with Crippen LogP contribution in [0.25, 0.3) is 101 Å². The molecule has 10 rings (SSSR count). The second-order valence-corrected chi connectivity index (χ2v) is 13.4. The number of pyridine rings is 1.